The van der Waals surface area contributed by atoms with Crippen molar-refractivity contribution < 1.29 is 9.84 Å². The van der Waals surface area contributed by atoms with Gasteiger partial charge in [0.1, 0.15) is 0 Å². The van der Waals surface area contributed by atoms with Crippen LogP contribution in [0.4, 0.5) is 0 Å². The highest BCUT2D eigenvalue weighted by Gasteiger charge is 2.39. The highest BCUT2D eigenvalue weighted by Crippen LogP contribution is 2.24. The predicted molar refractivity (Wildman–Crippen MR) is 62.0 cm³/mol. The van der Waals surface area contributed by atoms with E-state index in [9.17, 15) is 5.11 Å². The Morgan fingerprint density at radius 3 is 2.53 bits per heavy atom. The quantitative estimate of drug-likeness (QED) is 0.625. The molecule has 1 N–H and O–H groups in total. The van der Waals surface area contributed by atoms with E-state index in [4.69, 9.17) is 4.74 Å². The zero-order valence-corrected chi connectivity index (χ0v) is 10.2. The van der Waals surface area contributed by atoms with Gasteiger partial charge in [-0.1, -0.05) is 26.7 Å². The van der Waals surface area contributed by atoms with Crippen molar-refractivity contribution in [1.82, 2.24) is 4.90 Å². The summed E-state index contributed by atoms with van der Waals surface area (Å²) in [5, 5.41) is 9.94. The molecular weight excluding hydrogens is 190 g/mol. The van der Waals surface area contributed by atoms with Gasteiger partial charge in [0.25, 0.3) is 0 Å². The van der Waals surface area contributed by atoms with E-state index in [0.29, 0.717) is 0 Å². The van der Waals surface area contributed by atoms with Crippen LogP contribution >= 0.6 is 0 Å². The molecule has 1 rings (SSSR count). The Balaban J connectivity index is 1.93. The lowest BCUT2D eigenvalue weighted by Gasteiger charge is -2.46. The summed E-state index contributed by atoms with van der Waals surface area (Å²) in [7, 11) is 0. The summed E-state index contributed by atoms with van der Waals surface area (Å²) in [6.45, 7) is 8.61. The SMILES string of the molecule is CCCCOCCN1CC(O)(CCC)C1. The summed E-state index contributed by atoms with van der Waals surface area (Å²) in [6, 6.07) is 0. The minimum atomic E-state index is -0.391. The van der Waals surface area contributed by atoms with Crippen LogP contribution in [0.25, 0.3) is 0 Å². The van der Waals surface area contributed by atoms with Crippen LogP contribution in [0.15, 0.2) is 0 Å². The van der Waals surface area contributed by atoms with E-state index in [0.717, 1.165) is 52.1 Å². The van der Waals surface area contributed by atoms with Crippen LogP contribution in [-0.4, -0.2) is 48.5 Å². The molecule has 0 aromatic carbocycles. The van der Waals surface area contributed by atoms with Gasteiger partial charge in [-0.15, -0.1) is 0 Å². The maximum atomic E-state index is 9.94. The summed E-state index contributed by atoms with van der Waals surface area (Å²) >= 11 is 0. The number of unbranched alkanes of at least 4 members (excludes halogenated alkanes) is 1. The molecule has 0 spiro atoms. The molecule has 15 heavy (non-hydrogen) atoms. The number of aliphatic hydroxyl groups is 1. The van der Waals surface area contributed by atoms with E-state index in [1.807, 2.05) is 0 Å². The van der Waals surface area contributed by atoms with Crippen LogP contribution in [0, 0.1) is 0 Å². The molecule has 0 aromatic heterocycles. The Hall–Kier alpha value is -0.120. The van der Waals surface area contributed by atoms with Crippen molar-refractivity contribution in [2.45, 2.75) is 45.1 Å². The summed E-state index contributed by atoms with van der Waals surface area (Å²) in [5.41, 5.74) is -0.391. The normalized spacial score (nSPS) is 20.2. The van der Waals surface area contributed by atoms with Gasteiger partial charge in [-0.3, -0.25) is 4.90 Å². The monoisotopic (exact) mass is 215 g/mol. The molecule has 3 heteroatoms. The van der Waals surface area contributed by atoms with E-state index in [2.05, 4.69) is 18.7 Å². The third-order valence-corrected chi connectivity index (χ3v) is 2.95. The minimum Gasteiger partial charge on any atom is -0.387 e. The van der Waals surface area contributed by atoms with Gasteiger partial charge >= 0.3 is 0 Å². The fraction of sp³-hybridized carbons (Fsp3) is 1.00. The summed E-state index contributed by atoms with van der Waals surface area (Å²) in [4.78, 5) is 2.27. The van der Waals surface area contributed by atoms with Gasteiger partial charge in [-0.25, -0.2) is 0 Å². The topological polar surface area (TPSA) is 32.7 Å². The lowest BCUT2D eigenvalue weighted by molar-refractivity contribution is -0.108. The molecule has 90 valence electrons. The first kappa shape index (κ1) is 12.9. The first-order valence-electron chi connectivity index (χ1n) is 6.22. The summed E-state index contributed by atoms with van der Waals surface area (Å²) in [5.74, 6) is 0. The van der Waals surface area contributed by atoms with Crippen LogP contribution < -0.4 is 0 Å². The Bertz CT molecular complexity index is 167. The van der Waals surface area contributed by atoms with E-state index in [1.54, 1.807) is 0 Å². The number of hydrogen-bond donors (Lipinski definition) is 1. The zero-order valence-electron chi connectivity index (χ0n) is 10.2. The highest BCUT2D eigenvalue weighted by atomic mass is 16.5. The molecule has 1 aliphatic rings. The molecule has 1 saturated heterocycles. The standard InChI is InChI=1S/C12H25NO2/c1-3-5-8-15-9-7-13-10-12(14,11-13)6-4-2/h14H,3-11H2,1-2H3. The molecule has 3 nitrogen and oxygen atoms in total. The van der Waals surface area contributed by atoms with Gasteiger partial charge in [0, 0.05) is 26.2 Å². The fourth-order valence-electron chi connectivity index (χ4n) is 2.11. The summed E-state index contributed by atoms with van der Waals surface area (Å²) in [6.07, 6.45) is 4.34. The number of likely N-dealkylation sites (tertiary alicyclic amines) is 1. The van der Waals surface area contributed by atoms with Crippen molar-refractivity contribution >= 4 is 0 Å². The number of nitrogens with zero attached hydrogens (tertiary/aromatic N) is 1. The predicted octanol–water partition coefficient (Wildman–Crippen LogP) is 1.65. The second-order valence-corrected chi connectivity index (χ2v) is 4.65. The first-order valence-corrected chi connectivity index (χ1v) is 6.22. The van der Waals surface area contributed by atoms with Crippen molar-refractivity contribution in [3.05, 3.63) is 0 Å². The van der Waals surface area contributed by atoms with Gasteiger partial charge in [0.15, 0.2) is 0 Å². The number of ether oxygens (including phenoxy) is 1. The third kappa shape index (κ3) is 4.49. The summed E-state index contributed by atoms with van der Waals surface area (Å²) < 4.78 is 5.49. The van der Waals surface area contributed by atoms with E-state index in [-0.39, 0.29) is 0 Å². The first-order chi connectivity index (χ1) is 7.20. The second kappa shape index (κ2) is 6.46. The number of rotatable bonds is 8. The van der Waals surface area contributed by atoms with E-state index in [1.165, 1.54) is 6.42 Å². The Kier molecular flexibility index (Phi) is 5.58. The second-order valence-electron chi connectivity index (χ2n) is 4.65. The largest absolute Gasteiger partial charge is 0.387 e. The number of hydrogen-bond acceptors (Lipinski definition) is 3. The van der Waals surface area contributed by atoms with Gasteiger partial charge in [0.05, 0.1) is 12.2 Å². The molecule has 0 unspecified atom stereocenters. The molecule has 0 bridgehead atoms. The average molecular weight is 215 g/mol. The van der Waals surface area contributed by atoms with Crippen LogP contribution in [0.2, 0.25) is 0 Å². The van der Waals surface area contributed by atoms with Crippen molar-refractivity contribution in [2.75, 3.05) is 32.8 Å². The maximum Gasteiger partial charge on any atom is 0.0900 e. The van der Waals surface area contributed by atoms with E-state index >= 15 is 0 Å². The van der Waals surface area contributed by atoms with Gasteiger partial charge in [-0.2, -0.15) is 0 Å². The lowest BCUT2D eigenvalue weighted by Crippen LogP contribution is -2.62. The van der Waals surface area contributed by atoms with Gasteiger partial charge < -0.3 is 9.84 Å². The smallest absolute Gasteiger partial charge is 0.0900 e. The molecule has 1 fully saturated rings. The number of β-amino-alcohol motifs (C(OH)–C–C–N with tert-alkyl or cyclic N) is 1. The lowest BCUT2D eigenvalue weighted by atomic mass is 9.89. The Morgan fingerprint density at radius 2 is 1.93 bits per heavy atom. The van der Waals surface area contributed by atoms with Crippen molar-refractivity contribution in [1.29, 1.82) is 0 Å². The van der Waals surface area contributed by atoms with Gasteiger partial charge in [0.2, 0.25) is 0 Å². The fourth-order valence-corrected chi connectivity index (χ4v) is 2.11. The van der Waals surface area contributed by atoms with Gasteiger partial charge in [-0.05, 0) is 12.8 Å². The third-order valence-electron chi connectivity index (χ3n) is 2.95. The highest BCUT2D eigenvalue weighted by molar-refractivity contribution is 4.94. The molecule has 0 amide bonds. The molecule has 0 aromatic rings. The van der Waals surface area contributed by atoms with Crippen molar-refractivity contribution in [3.8, 4) is 0 Å². The van der Waals surface area contributed by atoms with Crippen molar-refractivity contribution in [2.24, 2.45) is 0 Å². The molecule has 1 heterocycles. The average Bonchev–Trinajstić information content (AvgIpc) is 2.15. The van der Waals surface area contributed by atoms with Crippen LogP contribution in [-0.2, 0) is 4.74 Å². The molecular formula is C12H25NO2. The molecule has 0 aliphatic carbocycles. The molecule has 0 radical (unpaired) electrons. The minimum absolute atomic E-state index is 0.391. The Morgan fingerprint density at radius 1 is 1.20 bits per heavy atom. The zero-order chi connectivity index (χ0) is 11.1. The van der Waals surface area contributed by atoms with Crippen LogP contribution in [0.1, 0.15) is 39.5 Å². The maximum absolute atomic E-state index is 9.94. The van der Waals surface area contributed by atoms with Crippen molar-refractivity contribution in [3.63, 3.8) is 0 Å². The van der Waals surface area contributed by atoms with Crippen LogP contribution in [0.3, 0.4) is 0 Å². The molecule has 0 saturated carbocycles. The Labute approximate surface area is 93.4 Å². The van der Waals surface area contributed by atoms with Crippen LogP contribution in [0.5, 0.6) is 0 Å². The van der Waals surface area contributed by atoms with E-state index < -0.39 is 5.60 Å². The molecule has 1 aliphatic heterocycles. The molecule has 0 atom stereocenters.